The summed E-state index contributed by atoms with van der Waals surface area (Å²) in [6.45, 7) is 1.86. The van der Waals surface area contributed by atoms with E-state index < -0.39 is 4.92 Å². The molecule has 1 aliphatic heterocycles. The molecule has 1 aromatic carbocycles. The van der Waals surface area contributed by atoms with Crippen molar-refractivity contribution in [3.63, 3.8) is 0 Å². The number of nitrogens with one attached hydrogen (secondary N) is 2. The van der Waals surface area contributed by atoms with Crippen LogP contribution in [0.1, 0.15) is 19.3 Å². The van der Waals surface area contributed by atoms with Gasteiger partial charge in [0, 0.05) is 18.7 Å². The maximum Gasteiger partial charge on any atom is 0.295 e. The first-order valence-electron chi connectivity index (χ1n) is 6.74. The molecule has 0 amide bonds. The summed E-state index contributed by atoms with van der Waals surface area (Å²) >= 11 is 0. The molecule has 0 spiro atoms. The van der Waals surface area contributed by atoms with Crippen LogP contribution in [0, 0.1) is 10.1 Å². The summed E-state index contributed by atoms with van der Waals surface area (Å²) in [5.41, 5.74) is 1.06. The number of nitro groups is 1. The Labute approximate surface area is 115 Å². The molecule has 1 fully saturated rings. The fourth-order valence-corrected chi connectivity index (χ4v) is 2.46. The monoisotopic (exact) mass is 276 g/mol. The van der Waals surface area contributed by atoms with Crippen LogP contribution in [0.2, 0.25) is 0 Å². The van der Waals surface area contributed by atoms with Crippen LogP contribution in [0.4, 0.5) is 11.7 Å². The molecule has 106 valence electrons. The Kier molecular flexibility index (Phi) is 3.51. The Morgan fingerprint density at radius 1 is 1.55 bits per heavy atom. The number of nitro benzene ring substituents is 1. The van der Waals surface area contributed by atoms with Crippen molar-refractivity contribution in [2.75, 3.05) is 18.4 Å². The summed E-state index contributed by atoms with van der Waals surface area (Å²) in [6.07, 6.45) is 3.46. The smallest absolute Gasteiger partial charge is 0.295 e. The zero-order chi connectivity index (χ0) is 13.9. The molecule has 1 atom stereocenters. The fraction of sp³-hybridized carbons (Fsp3) is 0.462. The third kappa shape index (κ3) is 2.72. The molecule has 2 heterocycles. The minimum absolute atomic E-state index is 0.00959. The van der Waals surface area contributed by atoms with Crippen LogP contribution in [0.15, 0.2) is 22.6 Å². The molecule has 0 aliphatic carbocycles. The molecule has 0 bridgehead atoms. The lowest BCUT2D eigenvalue weighted by Crippen LogP contribution is -2.24. The standard InChI is InChI=1S/C13H16N4O3/c18-17(19)10-3-4-11-12(8-10)20-13(16-11)15-7-5-9-2-1-6-14-9/h3-4,8-9,14H,1-2,5-7H2,(H,15,16)/t9-/m1/s1. The third-order valence-corrected chi connectivity index (χ3v) is 3.51. The summed E-state index contributed by atoms with van der Waals surface area (Å²) in [6, 6.07) is 5.40. The molecular formula is C13H16N4O3. The molecule has 2 N–H and O–H groups in total. The minimum atomic E-state index is -0.444. The SMILES string of the molecule is O=[N+]([O-])c1ccc2nc(NCC[C@H]3CCCN3)oc2c1. The number of rotatable bonds is 5. The van der Waals surface area contributed by atoms with Gasteiger partial charge in [-0.1, -0.05) is 0 Å². The van der Waals surface area contributed by atoms with E-state index in [1.54, 1.807) is 6.07 Å². The molecule has 1 aromatic heterocycles. The zero-order valence-corrected chi connectivity index (χ0v) is 11.0. The average molecular weight is 276 g/mol. The van der Waals surface area contributed by atoms with Gasteiger partial charge < -0.3 is 15.1 Å². The van der Waals surface area contributed by atoms with Crippen molar-refractivity contribution >= 4 is 22.8 Å². The van der Waals surface area contributed by atoms with Crippen molar-refractivity contribution in [1.82, 2.24) is 10.3 Å². The van der Waals surface area contributed by atoms with Gasteiger partial charge in [-0.3, -0.25) is 10.1 Å². The largest absolute Gasteiger partial charge is 0.423 e. The lowest BCUT2D eigenvalue weighted by atomic mass is 10.2. The maximum atomic E-state index is 10.7. The molecule has 1 saturated heterocycles. The van der Waals surface area contributed by atoms with Crippen molar-refractivity contribution in [3.05, 3.63) is 28.3 Å². The van der Waals surface area contributed by atoms with Crippen LogP contribution in [-0.4, -0.2) is 29.0 Å². The van der Waals surface area contributed by atoms with Crippen molar-refractivity contribution < 1.29 is 9.34 Å². The molecule has 0 unspecified atom stereocenters. The summed E-state index contributed by atoms with van der Waals surface area (Å²) in [5.74, 6) is 0. The van der Waals surface area contributed by atoms with Crippen LogP contribution in [0.5, 0.6) is 0 Å². The van der Waals surface area contributed by atoms with Crippen molar-refractivity contribution in [1.29, 1.82) is 0 Å². The predicted molar refractivity (Wildman–Crippen MR) is 74.8 cm³/mol. The first-order valence-corrected chi connectivity index (χ1v) is 6.74. The summed E-state index contributed by atoms with van der Waals surface area (Å²) in [7, 11) is 0. The summed E-state index contributed by atoms with van der Waals surface area (Å²) < 4.78 is 5.48. The fourth-order valence-electron chi connectivity index (χ4n) is 2.46. The number of fused-ring (bicyclic) bond motifs is 1. The number of benzene rings is 1. The van der Waals surface area contributed by atoms with E-state index in [-0.39, 0.29) is 5.69 Å². The number of nitrogens with zero attached hydrogens (tertiary/aromatic N) is 2. The Bertz CT molecular complexity index is 619. The van der Waals surface area contributed by atoms with Gasteiger partial charge in [-0.05, 0) is 31.9 Å². The normalized spacial score (nSPS) is 18.5. The lowest BCUT2D eigenvalue weighted by Gasteiger charge is -2.09. The molecule has 0 saturated carbocycles. The molecule has 2 aromatic rings. The molecule has 0 radical (unpaired) electrons. The number of non-ortho nitro benzene ring substituents is 1. The highest BCUT2D eigenvalue weighted by Crippen LogP contribution is 2.23. The Morgan fingerprint density at radius 2 is 2.45 bits per heavy atom. The second-order valence-electron chi connectivity index (χ2n) is 4.94. The first kappa shape index (κ1) is 12.9. The maximum absolute atomic E-state index is 10.7. The van der Waals surface area contributed by atoms with Gasteiger partial charge in [0.25, 0.3) is 11.7 Å². The van der Waals surface area contributed by atoms with Crippen LogP contribution >= 0.6 is 0 Å². The second kappa shape index (κ2) is 5.46. The molecule has 20 heavy (non-hydrogen) atoms. The summed E-state index contributed by atoms with van der Waals surface area (Å²) in [4.78, 5) is 14.5. The number of hydrogen-bond donors (Lipinski definition) is 2. The van der Waals surface area contributed by atoms with E-state index in [2.05, 4.69) is 15.6 Å². The van der Waals surface area contributed by atoms with E-state index in [4.69, 9.17) is 4.42 Å². The lowest BCUT2D eigenvalue weighted by molar-refractivity contribution is -0.384. The highest BCUT2D eigenvalue weighted by molar-refractivity contribution is 5.77. The van der Waals surface area contributed by atoms with E-state index in [9.17, 15) is 10.1 Å². The van der Waals surface area contributed by atoms with Gasteiger partial charge in [0.05, 0.1) is 11.0 Å². The molecule has 7 nitrogen and oxygen atoms in total. The minimum Gasteiger partial charge on any atom is -0.423 e. The highest BCUT2D eigenvalue weighted by Gasteiger charge is 2.14. The van der Waals surface area contributed by atoms with E-state index in [1.165, 1.54) is 25.0 Å². The summed E-state index contributed by atoms with van der Waals surface area (Å²) in [5, 5.41) is 17.2. The van der Waals surface area contributed by atoms with Gasteiger partial charge in [0.1, 0.15) is 5.52 Å². The van der Waals surface area contributed by atoms with E-state index in [1.807, 2.05) is 0 Å². The van der Waals surface area contributed by atoms with Gasteiger partial charge >= 0.3 is 0 Å². The van der Waals surface area contributed by atoms with Gasteiger partial charge in [-0.2, -0.15) is 4.98 Å². The van der Waals surface area contributed by atoms with E-state index >= 15 is 0 Å². The molecule has 7 heteroatoms. The van der Waals surface area contributed by atoms with Gasteiger partial charge in [-0.25, -0.2) is 0 Å². The topological polar surface area (TPSA) is 93.2 Å². The van der Waals surface area contributed by atoms with Crippen LogP contribution in [0.3, 0.4) is 0 Å². The Morgan fingerprint density at radius 3 is 3.20 bits per heavy atom. The zero-order valence-electron chi connectivity index (χ0n) is 11.0. The molecule has 3 rings (SSSR count). The van der Waals surface area contributed by atoms with Crippen LogP contribution < -0.4 is 10.6 Å². The van der Waals surface area contributed by atoms with E-state index in [0.29, 0.717) is 23.2 Å². The van der Waals surface area contributed by atoms with Crippen LogP contribution in [0.25, 0.3) is 11.1 Å². The first-order chi connectivity index (χ1) is 9.72. The van der Waals surface area contributed by atoms with Gasteiger partial charge in [0.15, 0.2) is 5.58 Å². The molecular weight excluding hydrogens is 260 g/mol. The van der Waals surface area contributed by atoms with Gasteiger partial charge in [0.2, 0.25) is 0 Å². The molecule has 1 aliphatic rings. The average Bonchev–Trinajstić information content (AvgIpc) is 3.06. The predicted octanol–water partition coefficient (Wildman–Crippen LogP) is 2.29. The highest BCUT2D eigenvalue weighted by atomic mass is 16.6. The number of oxazole rings is 1. The van der Waals surface area contributed by atoms with Crippen LogP contribution in [-0.2, 0) is 0 Å². The Balaban J connectivity index is 1.64. The van der Waals surface area contributed by atoms with Crippen molar-refractivity contribution in [2.45, 2.75) is 25.3 Å². The Hall–Kier alpha value is -2.15. The van der Waals surface area contributed by atoms with Crippen molar-refractivity contribution in [3.8, 4) is 0 Å². The second-order valence-corrected chi connectivity index (χ2v) is 4.94. The van der Waals surface area contributed by atoms with Crippen molar-refractivity contribution in [2.24, 2.45) is 0 Å². The number of anilines is 1. The number of hydrogen-bond acceptors (Lipinski definition) is 6. The quantitative estimate of drug-likeness (QED) is 0.643. The van der Waals surface area contributed by atoms with Gasteiger partial charge in [-0.15, -0.1) is 0 Å². The number of aromatic nitrogens is 1. The third-order valence-electron chi connectivity index (χ3n) is 3.51. The van der Waals surface area contributed by atoms with E-state index in [0.717, 1.165) is 19.5 Å².